The summed E-state index contributed by atoms with van der Waals surface area (Å²) in [7, 11) is 0. The van der Waals surface area contributed by atoms with Crippen LogP contribution in [0.1, 0.15) is 22.8 Å². The number of aryl methyl sites for hydroxylation is 1. The number of halogens is 1. The van der Waals surface area contributed by atoms with Gasteiger partial charge in [0, 0.05) is 23.6 Å². The zero-order valence-electron chi connectivity index (χ0n) is 17.1. The number of pyridine rings is 1. The van der Waals surface area contributed by atoms with Crippen molar-refractivity contribution < 1.29 is 14.0 Å². The maximum atomic E-state index is 14.3. The maximum absolute atomic E-state index is 14.3. The molecule has 0 aliphatic heterocycles. The van der Waals surface area contributed by atoms with E-state index in [1.165, 1.54) is 25.1 Å². The molecule has 6 heteroatoms. The van der Waals surface area contributed by atoms with Gasteiger partial charge in [-0.15, -0.1) is 0 Å². The Hall–Kier alpha value is -4.06. The Labute approximate surface area is 178 Å². The van der Waals surface area contributed by atoms with E-state index in [9.17, 15) is 14.0 Å². The van der Waals surface area contributed by atoms with Gasteiger partial charge in [0.25, 0.3) is 5.91 Å². The second-order valence-corrected chi connectivity index (χ2v) is 7.27. The average molecular weight is 413 g/mol. The topological polar surface area (TPSA) is 71.1 Å². The van der Waals surface area contributed by atoms with Gasteiger partial charge in [-0.05, 0) is 37.3 Å². The van der Waals surface area contributed by atoms with Crippen LogP contribution < -0.4 is 10.6 Å². The maximum Gasteiger partial charge on any atom is 0.256 e. The van der Waals surface area contributed by atoms with Gasteiger partial charge in [0.15, 0.2) is 0 Å². The lowest BCUT2D eigenvalue weighted by atomic mass is 10.0. The highest BCUT2D eigenvalue weighted by Crippen LogP contribution is 2.27. The summed E-state index contributed by atoms with van der Waals surface area (Å²) in [5, 5.41) is 5.87. The van der Waals surface area contributed by atoms with Gasteiger partial charge in [-0.25, -0.2) is 9.37 Å². The molecule has 0 aliphatic rings. The molecule has 0 radical (unpaired) electrons. The molecule has 4 aromatic rings. The fourth-order valence-corrected chi connectivity index (χ4v) is 3.33. The molecule has 2 amide bonds. The molecule has 2 N–H and O–H groups in total. The van der Waals surface area contributed by atoms with Gasteiger partial charge in [0.05, 0.1) is 22.5 Å². The highest BCUT2D eigenvalue weighted by atomic mass is 19.1. The molecule has 5 nitrogen and oxygen atoms in total. The van der Waals surface area contributed by atoms with Gasteiger partial charge in [-0.1, -0.05) is 48.0 Å². The lowest BCUT2D eigenvalue weighted by molar-refractivity contribution is -0.114. The number of hydrogen-bond acceptors (Lipinski definition) is 3. The number of para-hydroxylation sites is 1. The minimum Gasteiger partial charge on any atom is -0.326 e. The number of fused-ring (bicyclic) bond motifs is 1. The number of carbonyl (C=O) groups excluding carboxylic acids is 2. The Morgan fingerprint density at radius 2 is 1.65 bits per heavy atom. The Morgan fingerprint density at radius 1 is 0.903 bits per heavy atom. The van der Waals surface area contributed by atoms with E-state index in [1.54, 1.807) is 12.1 Å². The molecule has 154 valence electrons. The SMILES string of the molecule is CC(=O)Nc1ccc(F)c(NC(=O)c2cc(-c3ccc(C)cc3)nc3ccccc23)c1. The number of nitrogens with zero attached hydrogens (tertiary/aromatic N) is 1. The van der Waals surface area contributed by atoms with Gasteiger partial charge in [0.2, 0.25) is 5.91 Å². The first kappa shape index (κ1) is 20.2. The van der Waals surface area contributed by atoms with E-state index < -0.39 is 11.7 Å². The third-order valence-corrected chi connectivity index (χ3v) is 4.84. The number of anilines is 2. The summed E-state index contributed by atoms with van der Waals surface area (Å²) in [6, 6.07) is 20.9. The molecule has 0 spiro atoms. The summed E-state index contributed by atoms with van der Waals surface area (Å²) in [4.78, 5) is 29.1. The van der Waals surface area contributed by atoms with Crippen LogP contribution in [0.5, 0.6) is 0 Å². The van der Waals surface area contributed by atoms with E-state index >= 15 is 0 Å². The van der Waals surface area contributed by atoms with Crippen molar-refractivity contribution in [2.45, 2.75) is 13.8 Å². The van der Waals surface area contributed by atoms with Crippen LogP contribution in [0.15, 0.2) is 72.8 Å². The first-order valence-electron chi connectivity index (χ1n) is 9.76. The molecule has 0 saturated carbocycles. The summed E-state index contributed by atoms with van der Waals surface area (Å²) in [5.41, 5.74) is 4.07. The number of nitrogens with one attached hydrogen (secondary N) is 2. The number of hydrogen-bond donors (Lipinski definition) is 2. The van der Waals surface area contributed by atoms with Crippen LogP contribution in [0, 0.1) is 12.7 Å². The first-order valence-corrected chi connectivity index (χ1v) is 9.76. The van der Waals surface area contributed by atoms with Crippen LogP contribution in [0.3, 0.4) is 0 Å². The molecule has 1 heterocycles. The van der Waals surface area contributed by atoms with Crippen molar-refractivity contribution in [2.24, 2.45) is 0 Å². The predicted molar refractivity (Wildman–Crippen MR) is 121 cm³/mol. The number of benzene rings is 3. The van der Waals surface area contributed by atoms with Crippen molar-refractivity contribution in [3.63, 3.8) is 0 Å². The molecule has 0 unspecified atom stereocenters. The third kappa shape index (κ3) is 4.43. The summed E-state index contributed by atoms with van der Waals surface area (Å²) in [6.07, 6.45) is 0. The van der Waals surface area contributed by atoms with Gasteiger partial charge < -0.3 is 10.6 Å². The first-order chi connectivity index (χ1) is 14.9. The van der Waals surface area contributed by atoms with E-state index in [1.807, 2.05) is 49.4 Å². The summed E-state index contributed by atoms with van der Waals surface area (Å²) in [6.45, 7) is 3.36. The zero-order chi connectivity index (χ0) is 22.0. The fraction of sp³-hybridized carbons (Fsp3) is 0.0800. The zero-order valence-corrected chi connectivity index (χ0v) is 17.1. The second kappa shape index (κ2) is 8.36. The fourth-order valence-electron chi connectivity index (χ4n) is 3.33. The Balaban J connectivity index is 1.76. The molecule has 0 saturated heterocycles. The lowest BCUT2D eigenvalue weighted by Crippen LogP contribution is -2.15. The van der Waals surface area contributed by atoms with Gasteiger partial charge in [-0.2, -0.15) is 0 Å². The minimum atomic E-state index is -0.598. The molecule has 0 fully saturated rings. The van der Waals surface area contributed by atoms with Crippen LogP contribution in [0.4, 0.5) is 15.8 Å². The van der Waals surface area contributed by atoms with Crippen LogP contribution in [0.25, 0.3) is 22.2 Å². The van der Waals surface area contributed by atoms with E-state index in [-0.39, 0.29) is 11.6 Å². The number of amides is 2. The second-order valence-electron chi connectivity index (χ2n) is 7.27. The van der Waals surface area contributed by atoms with E-state index in [0.29, 0.717) is 27.8 Å². The number of carbonyl (C=O) groups is 2. The molecule has 3 aromatic carbocycles. The largest absolute Gasteiger partial charge is 0.326 e. The van der Waals surface area contributed by atoms with Crippen LogP contribution in [-0.2, 0) is 4.79 Å². The summed E-state index contributed by atoms with van der Waals surface area (Å²) < 4.78 is 14.3. The van der Waals surface area contributed by atoms with Crippen LogP contribution in [-0.4, -0.2) is 16.8 Å². The molecular formula is C25H20FN3O2. The van der Waals surface area contributed by atoms with Crippen molar-refractivity contribution >= 4 is 34.1 Å². The van der Waals surface area contributed by atoms with E-state index in [2.05, 4.69) is 15.6 Å². The Bertz CT molecular complexity index is 1300. The monoisotopic (exact) mass is 413 g/mol. The molecular weight excluding hydrogens is 393 g/mol. The van der Waals surface area contributed by atoms with Crippen LogP contribution >= 0.6 is 0 Å². The minimum absolute atomic E-state index is 0.0194. The molecule has 1 aromatic heterocycles. The van der Waals surface area contributed by atoms with Gasteiger partial charge in [-0.3, -0.25) is 9.59 Å². The van der Waals surface area contributed by atoms with Crippen molar-refractivity contribution in [1.82, 2.24) is 4.98 Å². The molecule has 31 heavy (non-hydrogen) atoms. The van der Waals surface area contributed by atoms with E-state index in [4.69, 9.17) is 0 Å². The molecule has 0 bridgehead atoms. The molecule has 4 rings (SSSR count). The number of rotatable bonds is 4. The highest BCUT2D eigenvalue weighted by Gasteiger charge is 2.16. The highest BCUT2D eigenvalue weighted by molar-refractivity contribution is 6.13. The number of aromatic nitrogens is 1. The Kier molecular flexibility index (Phi) is 5.45. The van der Waals surface area contributed by atoms with Crippen molar-refractivity contribution in [2.75, 3.05) is 10.6 Å². The van der Waals surface area contributed by atoms with Crippen molar-refractivity contribution in [1.29, 1.82) is 0 Å². The quantitative estimate of drug-likeness (QED) is 0.460. The third-order valence-electron chi connectivity index (χ3n) is 4.84. The molecule has 0 atom stereocenters. The standard InChI is InChI=1S/C25H20FN3O2/c1-15-7-9-17(10-8-15)23-14-20(19-5-3-4-6-22(19)28-23)25(31)29-24-13-18(27-16(2)30)11-12-21(24)26/h3-14H,1-2H3,(H,27,30)(H,29,31). The summed E-state index contributed by atoms with van der Waals surface area (Å²) in [5.74, 6) is -1.35. The smallest absolute Gasteiger partial charge is 0.256 e. The average Bonchev–Trinajstić information content (AvgIpc) is 2.75. The van der Waals surface area contributed by atoms with Gasteiger partial charge in [0.1, 0.15) is 5.82 Å². The van der Waals surface area contributed by atoms with Crippen molar-refractivity contribution in [3.05, 3.63) is 89.7 Å². The lowest BCUT2D eigenvalue weighted by Gasteiger charge is -2.12. The normalized spacial score (nSPS) is 10.7. The van der Waals surface area contributed by atoms with E-state index in [0.717, 1.165) is 11.1 Å². The van der Waals surface area contributed by atoms with Crippen LogP contribution in [0.2, 0.25) is 0 Å². The van der Waals surface area contributed by atoms with Crippen molar-refractivity contribution in [3.8, 4) is 11.3 Å². The van der Waals surface area contributed by atoms with Gasteiger partial charge >= 0.3 is 0 Å². The molecule has 0 aliphatic carbocycles. The Morgan fingerprint density at radius 3 is 2.39 bits per heavy atom. The predicted octanol–water partition coefficient (Wildman–Crippen LogP) is 5.56. The summed E-state index contributed by atoms with van der Waals surface area (Å²) >= 11 is 0.